The highest BCUT2D eigenvalue weighted by Gasteiger charge is 2.29. The average Bonchev–Trinajstić information content (AvgIpc) is 3.55. The normalized spacial score (nSPS) is 15.4. The lowest BCUT2D eigenvalue weighted by Gasteiger charge is -2.30. The van der Waals surface area contributed by atoms with Crippen molar-refractivity contribution >= 4 is 34.1 Å². The van der Waals surface area contributed by atoms with Crippen molar-refractivity contribution in [2.24, 2.45) is 0 Å². The maximum Gasteiger partial charge on any atom is 0.289 e. The first-order valence-corrected chi connectivity index (χ1v) is 12.4. The fourth-order valence-electron chi connectivity index (χ4n) is 4.46. The Morgan fingerprint density at radius 2 is 1.79 bits per heavy atom. The second kappa shape index (κ2) is 9.43. The third-order valence-corrected chi connectivity index (χ3v) is 7.70. The number of fused-ring (bicyclic) bond motifs is 1. The van der Waals surface area contributed by atoms with Crippen molar-refractivity contribution in [1.29, 1.82) is 0 Å². The quantitative estimate of drug-likeness (QED) is 0.371. The van der Waals surface area contributed by atoms with Crippen LogP contribution < -0.4 is 0 Å². The van der Waals surface area contributed by atoms with Crippen LogP contribution in [-0.2, 0) is 0 Å². The summed E-state index contributed by atoms with van der Waals surface area (Å²) in [7, 11) is 1.82. The molecule has 4 aromatic rings. The number of thiazole rings is 1. The van der Waals surface area contributed by atoms with Crippen molar-refractivity contribution in [2.45, 2.75) is 31.7 Å². The van der Waals surface area contributed by atoms with E-state index < -0.39 is 0 Å². The van der Waals surface area contributed by atoms with Gasteiger partial charge in [0, 0.05) is 36.8 Å². The number of benzene rings is 2. The van der Waals surface area contributed by atoms with E-state index in [0.717, 1.165) is 34.4 Å². The number of aromatic nitrogens is 1. The molecule has 1 aliphatic rings. The third-order valence-electron chi connectivity index (χ3n) is 6.69. The number of hydrogen-bond acceptors (Lipinski definition) is 5. The number of carbonyl (C=O) groups excluding carboxylic acids is 2. The third kappa shape index (κ3) is 4.35. The standard InChI is InChI=1S/C27H27N3O3S/c1-18(19-8-4-3-5-9-19)29(2)26(31)22-17-34-25(28-22)20-12-14-30(15-13-20)27(32)24-16-21-10-6-7-11-23(21)33-24/h3-11,16-18,20H,12-15H2,1-2H3. The maximum absolute atomic E-state index is 13.0. The molecule has 0 bridgehead atoms. The second-order valence-electron chi connectivity index (χ2n) is 8.79. The lowest BCUT2D eigenvalue weighted by atomic mass is 9.97. The van der Waals surface area contributed by atoms with Gasteiger partial charge in [0.1, 0.15) is 11.3 Å². The van der Waals surface area contributed by atoms with Crippen LogP contribution in [-0.4, -0.2) is 46.7 Å². The van der Waals surface area contributed by atoms with E-state index in [1.165, 1.54) is 11.3 Å². The fraction of sp³-hybridized carbons (Fsp3) is 0.296. The second-order valence-corrected chi connectivity index (χ2v) is 9.68. The van der Waals surface area contributed by atoms with Crippen LogP contribution in [0.1, 0.15) is 63.3 Å². The largest absolute Gasteiger partial charge is 0.451 e. The Morgan fingerprint density at radius 3 is 2.53 bits per heavy atom. The highest BCUT2D eigenvalue weighted by Crippen LogP contribution is 2.32. The summed E-state index contributed by atoms with van der Waals surface area (Å²) in [5.41, 5.74) is 2.31. The van der Waals surface area contributed by atoms with E-state index in [-0.39, 0.29) is 23.8 Å². The monoisotopic (exact) mass is 473 g/mol. The predicted octanol–water partition coefficient (Wildman–Crippen LogP) is 5.74. The predicted molar refractivity (Wildman–Crippen MR) is 133 cm³/mol. The molecule has 1 fully saturated rings. The summed E-state index contributed by atoms with van der Waals surface area (Å²) in [5.74, 6) is 0.498. The molecule has 0 saturated carbocycles. The minimum atomic E-state index is -0.0728. The van der Waals surface area contributed by atoms with Gasteiger partial charge in [-0.3, -0.25) is 9.59 Å². The van der Waals surface area contributed by atoms with Gasteiger partial charge in [-0.25, -0.2) is 4.98 Å². The molecule has 2 amide bonds. The molecule has 0 spiro atoms. The zero-order valence-corrected chi connectivity index (χ0v) is 20.1. The molecule has 7 heteroatoms. The number of amides is 2. The van der Waals surface area contributed by atoms with Gasteiger partial charge in [-0.2, -0.15) is 0 Å². The number of rotatable bonds is 5. The summed E-state index contributed by atoms with van der Waals surface area (Å²) < 4.78 is 5.75. The molecule has 34 heavy (non-hydrogen) atoms. The molecule has 2 aromatic carbocycles. The summed E-state index contributed by atoms with van der Waals surface area (Å²) in [6, 6.07) is 19.4. The van der Waals surface area contributed by atoms with E-state index in [9.17, 15) is 9.59 Å². The van der Waals surface area contributed by atoms with Crippen LogP contribution in [0.2, 0.25) is 0 Å². The highest BCUT2D eigenvalue weighted by molar-refractivity contribution is 7.09. The lowest BCUT2D eigenvalue weighted by molar-refractivity contribution is 0.0683. The number of hydrogen-bond donors (Lipinski definition) is 0. The van der Waals surface area contributed by atoms with E-state index in [0.29, 0.717) is 24.5 Å². The van der Waals surface area contributed by atoms with Crippen molar-refractivity contribution in [1.82, 2.24) is 14.8 Å². The highest BCUT2D eigenvalue weighted by atomic mass is 32.1. The van der Waals surface area contributed by atoms with Gasteiger partial charge in [0.2, 0.25) is 0 Å². The first-order valence-electron chi connectivity index (χ1n) is 11.6. The number of para-hydroxylation sites is 1. The molecule has 0 aliphatic carbocycles. The smallest absolute Gasteiger partial charge is 0.289 e. The first-order chi connectivity index (χ1) is 16.5. The van der Waals surface area contributed by atoms with Crippen LogP contribution in [0.3, 0.4) is 0 Å². The number of likely N-dealkylation sites (tertiary alicyclic amines) is 1. The van der Waals surface area contributed by atoms with Gasteiger partial charge in [-0.05, 0) is 37.5 Å². The topological polar surface area (TPSA) is 66.7 Å². The number of piperidine rings is 1. The Hall–Kier alpha value is -3.45. The SMILES string of the molecule is CC(c1ccccc1)N(C)C(=O)c1csc(C2CCN(C(=O)c3cc4ccccc4o3)CC2)n1. The molecule has 174 valence electrons. The maximum atomic E-state index is 13.0. The molecule has 6 nitrogen and oxygen atoms in total. The van der Waals surface area contributed by atoms with Gasteiger partial charge in [-0.1, -0.05) is 48.5 Å². The van der Waals surface area contributed by atoms with Crippen LogP contribution in [0.4, 0.5) is 0 Å². The van der Waals surface area contributed by atoms with Crippen molar-refractivity contribution in [2.75, 3.05) is 20.1 Å². The van der Waals surface area contributed by atoms with Crippen LogP contribution in [0, 0.1) is 0 Å². The Morgan fingerprint density at radius 1 is 1.09 bits per heavy atom. The summed E-state index contributed by atoms with van der Waals surface area (Å²) in [4.78, 5) is 34.2. The number of furan rings is 1. The van der Waals surface area contributed by atoms with E-state index in [2.05, 4.69) is 0 Å². The van der Waals surface area contributed by atoms with Gasteiger partial charge >= 0.3 is 0 Å². The number of carbonyl (C=O) groups is 2. The zero-order chi connectivity index (χ0) is 23.7. The molecular formula is C27H27N3O3S. The molecule has 2 aromatic heterocycles. The lowest BCUT2D eigenvalue weighted by Crippen LogP contribution is -2.37. The molecular weight excluding hydrogens is 446 g/mol. The van der Waals surface area contributed by atoms with Crippen LogP contribution in [0.25, 0.3) is 11.0 Å². The first kappa shape index (κ1) is 22.3. The molecule has 0 N–H and O–H groups in total. The van der Waals surface area contributed by atoms with Crippen molar-refractivity contribution in [3.8, 4) is 0 Å². The van der Waals surface area contributed by atoms with E-state index >= 15 is 0 Å². The molecule has 0 radical (unpaired) electrons. The van der Waals surface area contributed by atoms with Crippen molar-refractivity contribution in [3.63, 3.8) is 0 Å². The Bertz CT molecular complexity index is 1270. The molecule has 3 heterocycles. The van der Waals surface area contributed by atoms with Gasteiger partial charge < -0.3 is 14.2 Å². The minimum absolute atomic E-state index is 0.0358. The summed E-state index contributed by atoms with van der Waals surface area (Å²) >= 11 is 1.54. The molecule has 1 atom stereocenters. The van der Waals surface area contributed by atoms with E-state index in [1.54, 1.807) is 4.90 Å². The molecule has 5 rings (SSSR count). The van der Waals surface area contributed by atoms with Crippen LogP contribution in [0.15, 0.2) is 70.5 Å². The van der Waals surface area contributed by atoms with Gasteiger partial charge in [-0.15, -0.1) is 11.3 Å². The molecule has 1 aliphatic heterocycles. The van der Waals surface area contributed by atoms with E-state index in [1.807, 2.05) is 84.9 Å². The van der Waals surface area contributed by atoms with Gasteiger partial charge in [0.25, 0.3) is 11.8 Å². The number of nitrogens with zero attached hydrogens (tertiary/aromatic N) is 3. The minimum Gasteiger partial charge on any atom is -0.451 e. The van der Waals surface area contributed by atoms with E-state index in [4.69, 9.17) is 9.40 Å². The fourth-order valence-corrected chi connectivity index (χ4v) is 5.42. The summed E-state index contributed by atoms with van der Waals surface area (Å²) in [5, 5.41) is 3.77. The Labute approximate surface area is 202 Å². The summed E-state index contributed by atoms with van der Waals surface area (Å²) in [6.45, 7) is 3.32. The van der Waals surface area contributed by atoms with Crippen molar-refractivity contribution < 1.29 is 14.0 Å². The van der Waals surface area contributed by atoms with Crippen LogP contribution >= 0.6 is 11.3 Å². The van der Waals surface area contributed by atoms with Gasteiger partial charge in [0.15, 0.2) is 5.76 Å². The molecule has 1 saturated heterocycles. The van der Waals surface area contributed by atoms with Crippen LogP contribution in [0.5, 0.6) is 0 Å². The Balaban J connectivity index is 1.21. The summed E-state index contributed by atoms with van der Waals surface area (Å²) in [6.07, 6.45) is 1.65. The Kier molecular flexibility index (Phi) is 6.20. The molecule has 1 unspecified atom stereocenters. The van der Waals surface area contributed by atoms with Crippen molar-refractivity contribution in [3.05, 3.63) is 88.1 Å². The average molecular weight is 474 g/mol. The zero-order valence-electron chi connectivity index (χ0n) is 19.3. The van der Waals surface area contributed by atoms with Gasteiger partial charge in [0.05, 0.1) is 11.0 Å².